The summed E-state index contributed by atoms with van der Waals surface area (Å²) in [5, 5.41) is 9.97. The van der Waals surface area contributed by atoms with Crippen molar-refractivity contribution in [2.75, 3.05) is 13.2 Å². The van der Waals surface area contributed by atoms with E-state index in [-0.39, 0.29) is 18.5 Å². The quantitative estimate of drug-likeness (QED) is 0.449. The van der Waals surface area contributed by atoms with Gasteiger partial charge in [0.1, 0.15) is 0 Å². The molecule has 0 aromatic carbocycles. The molecule has 0 fully saturated rings. The van der Waals surface area contributed by atoms with E-state index in [1.807, 2.05) is 0 Å². The van der Waals surface area contributed by atoms with Crippen LogP contribution in [-0.4, -0.2) is 19.2 Å². The lowest BCUT2D eigenvalue weighted by molar-refractivity contribution is -0.147. The molecule has 65 valence electrons. The molecule has 0 saturated heterocycles. The zero-order chi connectivity index (χ0) is 8.69. The van der Waals surface area contributed by atoms with Gasteiger partial charge < -0.3 is 4.74 Å². The van der Waals surface area contributed by atoms with Gasteiger partial charge in [0.15, 0.2) is 0 Å². The second kappa shape index (κ2) is 6.16. The molecule has 0 rings (SSSR count). The average Bonchev–Trinajstić information content (AvgIpc) is 1.97. The Morgan fingerprint density at radius 1 is 1.36 bits per heavy atom. The molecule has 0 spiro atoms. The molecule has 3 nitrogen and oxygen atoms in total. The number of ether oxygens (including phenoxy) is 1. The Morgan fingerprint density at radius 3 is 2.45 bits per heavy atom. The molecular formula is C8H15O3. The van der Waals surface area contributed by atoms with Gasteiger partial charge >= 0.3 is 5.97 Å². The number of unbranched alkanes of at least 4 members (excludes halogenated alkanes) is 1. The Balaban J connectivity index is 3.18. The summed E-state index contributed by atoms with van der Waals surface area (Å²) in [5.74, 6) is -0.252. The number of esters is 1. The van der Waals surface area contributed by atoms with Gasteiger partial charge in [0.25, 0.3) is 0 Å². The largest absolute Gasteiger partial charge is 0.465 e. The van der Waals surface area contributed by atoms with Crippen LogP contribution in [0.5, 0.6) is 0 Å². The smallest absolute Gasteiger partial charge is 0.308 e. The van der Waals surface area contributed by atoms with Gasteiger partial charge in [-0.05, 0) is 12.8 Å². The van der Waals surface area contributed by atoms with Crippen LogP contribution < -0.4 is 0 Å². The molecule has 0 atom stereocenters. The highest BCUT2D eigenvalue weighted by Crippen LogP contribution is 1.97. The van der Waals surface area contributed by atoms with Crippen LogP contribution in [0.4, 0.5) is 0 Å². The molecule has 0 aliphatic heterocycles. The van der Waals surface area contributed by atoms with Gasteiger partial charge in [-0.2, -0.15) is 0 Å². The van der Waals surface area contributed by atoms with Crippen molar-refractivity contribution in [2.24, 2.45) is 5.92 Å². The van der Waals surface area contributed by atoms with Gasteiger partial charge in [-0.1, -0.05) is 13.8 Å². The van der Waals surface area contributed by atoms with E-state index < -0.39 is 0 Å². The highest BCUT2D eigenvalue weighted by Gasteiger charge is 2.06. The average molecular weight is 159 g/mol. The summed E-state index contributed by atoms with van der Waals surface area (Å²) in [6.45, 7) is 3.88. The standard InChI is InChI=1S/C8H15O3/c1-7(2)8(10)11-6-4-3-5-9/h7H,3-6H2,1-2H3. The predicted octanol–water partition coefficient (Wildman–Crippen LogP) is 1.40. The summed E-state index contributed by atoms with van der Waals surface area (Å²) >= 11 is 0. The lowest BCUT2D eigenvalue weighted by Crippen LogP contribution is -2.12. The van der Waals surface area contributed by atoms with Gasteiger partial charge in [-0.15, -0.1) is 0 Å². The van der Waals surface area contributed by atoms with Gasteiger partial charge in [0.2, 0.25) is 0 Å². The van der Waals surface area contributed by atoms with Crippen LogP contribution in [0.25, 0.3) is 0 Å². The van der Waals surface area contributed by atoms with Crippen molar-refractivity contribution in [3.8, 4) is 0 Å². The van der Waals surface area contributed by atoms with Crippen molar-refractivity contribution in [1.29, 1.82) is 0 Å². The molecule has 1 radical (unpaired) electrons. The molecule has 11 heavy (non-hydrogen) atoms. The molecule has 0 aromatic heterocycles. The Morgan fingerprint density at radius 2 is 2.00 bits per heavy atom. The van der Waals surface area contributed by atoms with Crippen LogP contribution >= 0.6 is 0 Å². The second-order valence-electron chi connectivity index (χ2n) is 2.73. The zero-order valence-electron chi connectivity index (χ0n) is 7.13. The summed E-state index contributed by atoms with van der Waals surface area (Å²) in [4.78, 5) is 10.8. The maximum absolute atomic E-state index is 10.8. The molecule has 0 aromatic rings. The zero-order valence-corrected chi connectivity index (χ0v) is 7.13. The minimum absolute atomic E-state index is 0.0674. The van der Waals surface area contributed by atoms with Crippen molar-refractivity contribution in [2.45, 2.75) is 26.7 Å². The van der Waals surface area contributed by atoms with E-state index in [0.29, 0.717) is 19.4 Å². The van der Waals surface area contributed by atoms with Gasteiger partial charge in [0.05, 0.1) is 19.1 Å². The number of carbonyl (C=O) groups is 1. The predicted molar refractivity (Wildman–Crippen MR) is 40.6 cm³/mol. The van der Waals surface area contributed by atoms with Crippen LogP contribution in [0, 0.1) is 5.92 Å². The van der Waals surface area contributed by atoms with Gasteiger partial charge in [-0.25, -0.2) is 5.11 Å². The van der Waals surface area contributed by atoms with Crippen molar-refractivity contribution in [3.05, 3.63) is 0 Å². The second-order valence-corrected chi connectivity index (χ2v) is 2.73. The third-order valence-corrected chi connectivity index (χ3v) is 1.25. The summed E-state index contributed by atoms with van der Waals surface area (Å²) in [7, 11) is 0. The minimum Gasteiger partial charge on any atom is -0.465 e. The molecule has 0 amide bonds. The molecule has 3 heteroatoms. The monoisotopic (exact) mass is 159 g/mol. The first kappa shape index (κ1) is 10.4. The van der Waals surface area contributed by atoms with Gasteiger partial charge in [0, 0.05) is 0 Å². The summed E-state index contributed by atoms with van der Waals surface area (Å²) < 4.78 is 4.83. The Hall–Kier alpha value is -0.570. The first-order chi connectivity index (χ1) is 5.18. The van der Waals surface area contributed by atoms with E-state index >= 15 is 0 Å². The van der Waals surface area contributed by atoms with E-state index in [2.05, 4.69) is 0 Å². The highest BCUT2D eigenvalue weighted by atomic mass is 16.5. The molecule has 0 saturated carbocycles. The fourth-order valence-corrected chi connectivity index (χ4v) is 0.544. The maximum atomic E-state index is 10.8. The van der Waals surface area contributed by atoms with Crippen molar-refractivity contribution >= 4 is 5.97 Å². The molecule has 0 aliphatic carbocycles. The number of carbonyl (C=O) groups excluding carboxylic acids is 1. The lowest BCUT2D eigenvalue weighted by Gasteiger charge is -2.05. The molecule has 0 aliphatic rings. The van der Waals surface area contributed by atoms with Crippen molar-refractivity contribution < 1.29 is 14.6 Å². The normalized spacial score (nSPS) is 10.2. The third kappa shape index (κ3) is 5.85. The van der Waals surface area contributed by atoms with Gasteiger partial charge in [-0.3, -0.25) is 4.79 Å². The third-order valence-electron chi connectivity index (χ3n) is 1.25. The first-order valence-corrected chi connectivity index (χ1v) is 3.93. The lowest BCUT2D eigenvalue weighted by atomic mass is 10.2. The molecule has 0 N–H and O–H groups in total. The van der Waals surface area contributed by atoms with Crippen LogP contribution in [-0.2, 0) is 14.6 Å². The highest BCUT2D eigenvalue weighted by molar-refractivity contribution is 5.71. The van der Waals surface area contributed by atoms with E-state index in [0.717, 1.165) is 0 Å². The summed E-state index contributed by atoms with van der Waals surface area (Å²) in [6, 6.07) is 0. The van der Waals surface area contributed by atoms with Crippen LogP contribution in [0.1, 0.15) is 26.7 Å². The summed E-state index contributed by atoms with van der Waals surface area (Å²) in [6.07, 6.45) is 1.27. The van der Waals surface area contributed by atoms with E-state index in [1.54, 1.807) is 13.8 Å². The fraction of sp³-hybridized carbons (Fsp3) is 0.875. The maximum Gasteiger partial charge on any atom is 0.308 e. The Kier molecular flexibility index (Phi) is 5.84. The van der Waals surface area contributed by atoms with Crippen LogP contribution in [0.3, 0.4) is 0 Å². The molecule has 0 unspecified atom stereocenters. The van der Waals surface area contributed by atoms with Crippen molar-refractivity contribution in [3.63, 3.8) is 0 Å². The van der Waals surface area contributed by atoms with E-state index in [4.69, 9.17) is 4.74 Å². The van der Waals surface area contributed by atoms with Crippen LogP contribution in [0.15, 0.2) is 0 Å². The van der Waals surface area contributed by atoms with E-state index in [9.17, 15) is 9.90 Å². The first-order valence-electron chi connectivity index (χ1n) is 3.93. The van der Waals surface area contributed by atoms with Crippen LogP contribution in [0.2, 0.25) is 0 Å². The van der Waals surface area contributed by atoms with Crippen molar-refractivity contribution in [1.82, 2.24) is 0 Å². The number of hydrogen-bond acceptors (Lipinski definition) is 2. The Labute approximate surface area is 67.4 Å². The Bertz CT molecular complexity index is 110. The molecule has 0 heterocycles. The topological polar surface area (TPSA) is 46.2 Å². The minimum atomic E-state index is -0.184. The SMILES string of the molecule is CC(C)C(=O)OCCCC[O]. The van der Waals surface area contributed by atoms with E-state index in [1.165, 1.54) is 0 Å². The number of rotatable bonds is 5. The summed E-state index contributed by atoms with van der Waals surface area (Å²) in [5.41, 5.74) is 0. The molecule has 0 bridgehead atoms. The fourth-order valence-electron chi connectivity index (χ4n) is 0.544. The molecular weight excluding hydrogens is 144 g/mol. The number of hydrogen-bond donors (Lipinski definition) is 0.